The number of amides is 1. The lowest BCUT2D eigenvalue weighted by Gasteiger charge is -2.26. The zero-order valence-corrected chi connectivity index (χ0v) is 15.9. The number of carbonyl (C=O) groups is 1. The minimum atomic E-state index is -3.65. The molecule has 0 bridgehead atoms. The van der Waals surface area contributed by atoms with E-state index in [1.54, 1.807) is 36.4 Å². The van der Waals surface area contributed by atoms with Gasteiger partial charge in [0.15, 0.2) is 0 Å². The van der Waals surface area contributed by atoms with Gasteiger partial charge in [-0.25, -0.2) is 8.42 Å². The Morgan fingerprint density at radius 1 is 1.15 bits per heavy atom. The summed E-state index contributed by atoms with van der Waals surface area (Å²) in [7, 11) is -3.65. The Morgan fingerprint density at radius 3 is 2.63 bits per heavy atom. The molecule has 0 radical (unpaired) electrons. The molecule has 1 amide bonds. The minimum absolute atomic E-state index is 0.0973. The monoisotopic (exact) mass is 390 g/mol. The number of anilines is 1. The molecule has 2 aromatic carbocycles. The van der Waals surface area contributed by atoms with Gasteiger partial charge in [0.2, 0.25) is 10.0 Å². The summed E-state index contributed by atoms with van der Waals surface area (Å²) < 4.78 is 37.5. The Bertz CT molecular complexity index is 908. The van der Waals surface area contributed by atoms with Gasteiger partial charge in [0.25, 0.3) is 5.91 Å². The molecule has 0 aromatic heterocycles. The van der Waals surface area contributed by atoms with Gasteiger partial charge in [-0.15, -0.1) is 0 Å². The van der Waals surface area contributed by atoms with E-state index >= 15 is 0 Å². The van der Waals surface area contributed by atoms with E-state index in [9.17, 15) is 13.2 Å². The molecule has 0 saturated carbocycles. The maximum atomic E-state index is 12.8. The molecule has 144 valence electrons. The smallest absolute Gasteiger partial charge is 0.255 e. The first-order chi connectivity index (χ1) is 13.0. The first-order valence-corrected chi connectivity index (χ1v) is 10.2. The van der Waals surface area contributed by atoms with E-state index < -0.39 is 10.0 Å². The van der Waals surface area contributed by atoms with Crippen molar-refractivity contribution in [2.75, 3.05) is 38.2 Å². The van der Waals surface area contributed by atoms with E-state index in [0.717, 1.165) is 0 Å². The molecule has 1 aliphatic rings. The maximum absolute atomic E-state index is 12.8. The Morgan fingerprint density at radius 2 is 1.89 bits per heavy atom. The molecule has 0 atom stereocenters. The molecular formula is C19H22N2O5S. The highest BCUT2D eigenvalue weighted by Gasteiger charge is 2.26. The van der Waals surface area contributed by atoms with Crippen molar-refractivity contribution in [3.05, 3.63) is 54.1 Å². The van der Waals surface area contributed by atoms with Gasteiger partial charge < -0.3 is 14.8 Å². The molecule has 8 heteroatoms. The number of hydrogen-bond donors (Lipinski definition) is 1. The molecular weight excluding hydrogens is 368 g/mol. The predicted octanol–water partition coefficient (Wildman–Crippen LogP) is 2.36. The molecule has 1 heterocycles. The van der Waals surface area contributed by atoms with Crippen LogP contribution < -0.4 is 10.1 Å². The lowest BCUT2D eigenvalue weighted by molar-refractivity contribution is 0.0730. The van der Waals surface area contributed by atoms with Crippen molar-refractivity contribution in [3.63, 3.8) is 0 Å². The lowest BCUT2D eigenvalue weighted by atomic mass is 10.2. The summed E-state index contributed by atoms with van der Waals surface area (Å²) in [5, 5.41) is 2.77. The summed E-state index contributed by atoms with van der Waals surface area (Å²) in [6, 6.07) is 13.1. The van der Waals surface area contributed by atoms with Crippen LogP contribution in [0.3, 0.4) is 0 Å². The molecule has 1 aliphatic heterocycles. The molecule has 27 heavy (non-hydrogen) atoms. The van der Waals surface area contributed by atoms with Crippen LogP contribution in [0, 0.1) is 0 Å². The van der Waals surface area contributed by atoms with Gasteiger partial charge in [-0.2, -0.15) is 4.31 Å². The molecule has 1 N–H and O–H groups in total. The third-order valence-electron chi connectivity index (χ3n) is 4.11. The molecule has 0 unspecified atom stereocenters. The largest absolute Gasteiger partial charge is 0.494 e. The van der Waals surface area contributed by atoms with E-state index in [-0.39, 0.29) is 16.4 Å². The van der Waals surface area contributed by atoms with Crippen LogP contribution in [0.15, 0.2) is 53.4 Å². The fourth-order valence-electron chi connectivity index (χ4n) is 2.77. The summed E-state index contributed by atoms with van der Waals surface area (Å²) in [6.45, 7) is 3.77. The zero-order chi connectivity index (χ0) is 19.3. The van der Waals surface area contributed by atoms with Crippen LogP contribution in [0.25, 0.3) is 0 Å². The molecule has 1 fully saturated rings. The van der Waals surface area contributed by atoms with Crippen LogP contribution >= 0.6 is 0 Å². The van der Waals surface area contributed by atoms with E-state index in [1.807, 2.05) is 6.92 Å². The van der Waals surface area contributed by atoms with Crippen LogP contribution in [0.1, 0.15) is 17.3 Å². The van der Waals surface area contributed by atoms with Gasteiger partial charge in [0, 0.05) is 30.4 Å². The lowest BCUT2D eigenvalue weighted by Crippen LogP contribution is -2.40. The number of nitrogens with one attached hydrogen (secondary N) is 1. The number of nitrogens with zero attached hydrogens (tertiary/aromatic N) is 1. The van der Waals surface area contributed by atoms with E-state index in [2.05, 4.69) is 5.32 Å². The molecule has 3 rings (SSSR count). The average molecular weight is 390 g/mol. The number of ether oxygens (including phenoxy) is 2. The van der Waals surface area contributed by atoms with E-state index in [0.29, 0.717) is 44.3 Å². The van der Waals surface area contributed by atoms with Crippen molar-refractivity contribution in [1.82, 2.24) is 4.31 Å². The second-order valence-corrected chi connectivity index (χ2v) is 7.90. The Kier molecular flexibility index (Phi) is 6.10. The van der Waals surface area contributed by atoms with E-state index in [4.69, 9.17) is 9.47 Å². The molecule has 2 aromatic rings. The van der Waals surface area contributed by atoms with Crippen molar-refractivity contribution < 1.29 is 22.7 Å². The van der Waals surface area contributed by atoms with Crippen molar-refractivity contribution in [2.45, 2.75) is 11.8 Å². The van der Waals surface area contributed by atoms with Crippen LogP contribution in [0.4, 0.5) is 5.69 Å². The Balaban J connectivity index is 1.78. The topological polar surface area (TPSA) is 84.9 Å². The summed E-state index contributed by atoms with van der Waals surface area (Å²) in [5.74, 6) is 0.265. The number of carbonyl (C=O) groups excluding carboxylic acids is 1. The van der Waals surface area contributed by atoms with Crippen molar-refractivity contribution in [2.24, 2.45) is 0 Å². The number of sulfonamides is 1. The van der Waals surface area contributed by atoms with Crippen molar-refractivity contribution >= 4 is 21.6 Å². The minimum Gasteiger partial charge on any atom is -0.494 e. The Labute approximate surface area is 158 Å². The maximum Gasteiger partial charge on any atom is 0.255 e. The Hall–Kier alpha value is -2.42. The number of hydrogen-bond acceptors (Lipinski definition) is 5. The molecule has 1 saturated heterocycles. The van der Waals surface area contributed by atoms with Crippen LogP contribution in [-0.2, 0) is 14.8 Å². The van der Waals surface area contributed by atoms with Crippen molar-refractivity contribution in [1.29, 1.82) is 0 Å². The number of rotatable bonds is 6. The summed E-state index contributed by atoms with van der Waals surface area (Å²) in [4.78, 5) is 12.7. The highest BCUT2D eigenvalue weighted by molar-refractivity contribution is 7.89. The molecule has 7 nitrogen and oxygen atoms in total. The van der Waals surface area contributed by atoms with Crippen molar-refractivity contribution in [3.8, 4) is 5.75 Å². The van der Waals surface area contributed by atoms with Crippen LogP contribution in [0.5, 0.6) is 5.75 Å². The quantitative estimate of drug-likeness (QED) is 0.818. The fraction of sp³-hybridized carbons (Fsp3) is 0.316. The normalized spacial score (nSPS) is 15.3. The van der Waals surface area contributed by atoms with Crippen LogP contribution in [0.2, 0.25) is 0 Å². The van der Waals surface area contributed by atoms with Gasteiger partial charge in [-0.05, 0) is 37.3 Å². The average Bonchev–Trinajstić information content (AvgIpc) is 2.69. The van der Waals surface area contributed by atoms with Gasteiger partial charge >= 0.3 is 0 Å². The number of morpholine rings is 1. The fourth-order valence-corrected chi connectivity index (χ4v) is 4.22. The zero-order valence-electron chi connectivity index (χ0n) is 15.1. The predicted molar refractivity (Wildman–Crippen MR) is 102 cm³/mol. The van der Waals surface area contributed by atoms with Gasteiger partial charge in [-0.3, -0.25) is 4.79 Å². The second kappa shape index (κ2) is 8.51. The molecule has 0 aliphatic carbocycles. The third-order valence-corrected chi connectivity index (χ3v) is 6.00. The van der Waals surface area contributed by atoms with Gasteiger partial charge in [-0.1, -0.05) is 12.1 Å². The second-order valence-electron chi connectivity index (χ2n) is 5.96. The number of benzene rings is 2. The van der Waals surface area contributed by atoms with E-state index in [1.165, 1.54) is 16.4 Å². The van der Waals surface area contributed by atoms with Crippen LogP contribution in [-0.4, -0.2) is 51.5 Å². The third kappa shape index (κ3) is 4.65. The summed E-state index contributed by atoms with van der Waals surface area (Å²) >= 11 is 0. The molecule has 0 spiro atoms. The van der Waals surface area contributed by atoms with Gasteiger partial charge in [0.1, 0.15) is 5.75 Å². The standard InChI is InChI=1S/C19H22N2O5S/c1-2-26-17-7-4-6-16(14-17)20-19(22)15-5-3-8-18(13-15)27(23,24)21-9-11-25-12-10-21/h3-8,13-14H,2,9-12H2,1H3,(H,20,22). The first-order valence-electron chi connectivity index (χ1n) is 8.73. The summed E-state index contributed by atoms with van der Waals surface area (Å²) in [6.07, 6.45) is 0. The summed E-state index contributed by atoms with van der Waals surface area (Å²) in [5.41, 5.74) is 0.846. The first kappa shape index (κ1) is 19.3. The highest BCUT2D eigenvalue weighted by Crippen LogP contribution is 2.21. The van der Waals surface area contributed by atoms with Gasteiger partial charge in [0.05, 0.1) is 24.7 Å². The highest BCUT2D eigenvalue weighted by atomic mass is 32.2. The SMILES string of the molecule is CCOc1cccc(NC(=O)c2cccc(S(=O)(=O)N3CCOCC3)c2)c1.